The number of aromatic nitrogens is 1. The molecule has 1 aromatic carbocycles. The van der Waals surface area contributed by atoms with Gasteiger partial charge < -0.3 is 20.7 Å². The molecular weight excluding hydrogens is 608 g/mol. The minimum Gasteiger partial charge on any atom is -0.481 e. The molecule has 2 aliphatic carbocycles. The molecule has 0 spiro atoms. The second-order valence-corrected chi connectivity index (χ2v) is 13.9. The number of nitrogens with two attached hydrogens (primary N) is 1. The number of alkyl halides is 3. The minimum atomic E-state index is -4.63. The molecule has 0 unspecified atom stereocenters. The number of halogens is 5. The highest BCUT2D eigenvalue weighted by Gasteiger charge is 2.58. The van der Waals surface area contributed by atoms with Gasteiger partial charge in [0.2, 0.25) is 11.8 Å². The number of rotatable bonds is 8. The van der Waals surface area contributed by atoms with Gasteiger partial charge in [-0.25, -0.2) is 13.4 Å². The Kier molecular flexibility index (Phi) is 7.49. The Balaban J connectivity index is 1.42. The number of ether oxygens (including phenoxy) is 1. The van der Waals surface area contributed by atoms with Gasteiger partial charge in [0.25, 0.3) is 0 Å². The van der Waals surface area contributed by atoms with Crippen molar-refractivity contribution in [2.24, 2.45) is 5.73 Å². The van der Waals surface area contributed by atoms with Crippen molar-refractivity contribution in [2.45, 2.75) is 78.6 Å². The van der Waals surface area contributed by atoms with Crippen molar-refractivity contribution in [3.63, 3.8) is 0 Å². The van der Waals surface area contributed by atoms with Gasteiger partial charge in [-0.3, -0.25) is 9.59 Å². The molecular formula is C26H27Cl2F3N4O5S. The maximum atomic E-state index is 13.9. The van der Waals surface area contributed by atoms with E-state index in [2.05, 4.69) is 10.3 Å². The first-order chi connectivity index (χ1) is 19.1. The number of carbonyl (C=O) groups excluding carboxylic acids is 2. The van der Waals surface area contributed by atoms with Gasteiger partial charge >= 0.3 is 6.18 Å². The number of nitrogens with one attached hydrogen (secondary N) is 1. The van der Waals surface area contributed by atoms with E-state index in [1.165, 1.54) is 11.1 Å². The van der Waals surface area contributed by atoms with Crippen molar-refractivity contribution in [1.29, 1.82) is 0 Å². The monoisotopic (exact) mass is 634 g/mol. The summed E-state index contributed by atoms with van der Waals surface area (Å²) in [5.74, 6) is -1.22. The molecule has 3 N–H and O–H groups in total. The molecule has 2 amide bonds. The summed E-state index contributed by atoms with van der Waals surface area (Å²) in [7, 11) is -4.24. The maximum absolute atomic E-state index is 13.9. The van der Waals surface area contributed by atoms with Crippen LogP contribution in [0.2, 0.25) is 10.2 Å². The van der Waals surface area contributed by atoms with Crippen molar-refractivity contribution in [3.05, 3.63) is 52.3 Å². The van der Waals surface area contributed by atoms with Crippen LogP contribution < -0.4 is 15.8 Å². The van der Waals surface area contributed by atoms with Crippen LogP contribution in [0, 0.1) is 0 Å². The number of hydrogen-bond donors (Lipinski definition) is 2. The minimum absolute atomic E-state index is 0.218. The summed E-state index contributed by atoms with van der Waals surface area (Å²) in [5, 5.41) is 1.42. The van der Waals surface area contributed by atoms with Crippen LogP contribution in [0.1, 0.15) is 44.6 Å². The SMILES string of the molecule is C[C@H](Oc1ccc(S(=O)(=O)[C@@H]2C[C@@H](C(=O)NC3(N)CC3)N(C(=O)C3(c4ccc(Cl)nc4)CC3)C2)c(Cl)c1)C(F)(F)F. The van der Waals surface area contributed by atoms with E-state index in [4.69, 9.17) is 33.7 Å². The van der Waals surface area contributed by atoms with Crippen LogP contribution in [-0.4, -0.2) is 65.9 Å². The summed E-state index contributed by atoms with van der Waals surface area (Å²) < 4.78 is 71.0. The standard InChI is InChI=1S/C26H27Cl2F3N4O5S/c1-14(26(29,30)31)40-16-3-4-20(18(27)10-16)41(38,39)17-11-19(22(36)34-25(32)8-9-25)35(13-17)23(37)24(6-7-24)15-2-5-21(28)33-12-15/h2-5,10,12,14,17,19H,6-9,11,13,32H2,1H3,(H,34,36)/t14-,17+,19-/m0/s1. The number of benzene rings is 1. The average molecular weight is 635 g/mol. The van der Waals surface area contributed by atoms with Gasteiger partial charge in [0.15, 0.2) is 15.9 Å². The molecule has 1 aliphatic heterocycles. The molecule has 9 nitrogen and oxygen atoms in total. The second-order valence-electron chi connectivity index (χ2n) is 10.9. The third kappa shape index (κ3) is 5.86. The van der Waals surface area contributed by atoms with E-state index >= 15 is 0 Å². The van der Waals surface area contributed by atoms with E-state index < -0.39 is 56.3 Å². The van der Waals surface area contributed by atoms with Crippen molar-refractivity contribution < 1.29 is 35.9 Å². The molecule has 5 rings (SSSR count). The Morgan fingerprint density at radius 3 is 2.39 bits per heavy atom. The Morgan fingerprint density at radius 2 is 1.85 bits per heavy atom. The molecule has 41 heavy (non-hydrogen) atoms. The Labute approximate surface area is 244 Å². The molecule has 15 heteroatoms. The number of pyridine rings is 1. The topological polar surface area (TPSA) is 132 Å². The van der Waals surface area contributed by atoms with Crippen LogP contribution in [0.5, 0.6) is 5.75 Å². The smallest absolute Gasteiger partial charge is 0.425 e. The van der Waals surface area contributed by atoms with Gasteiger partial charge in [-0.15, -0.1) is 0 Å². The molecule has 0 radical (unpaired) electrons. The van der Waals surface area contributed by atoms with Gasteiger partial charge in [-0.05, 0) is 62.8 Å². The van der Waals surface area contributed by atoms with E-state index in [0.717, 1.165) is 25.1 Å². The first-order valence-electron chi connectivity index (χ1n) is 12.9. The van der Waals surface area contributed by atoms with Gasteiger partial charge in [0.1, 0.15) is 16.9 Å². The number of amides is 2. The molecule has 2 heterocycles. The lowest BCUT2D eigenvalue weighted by molar-refractivity contribution is -0.189. The second kappa shape index (κ2) is 10.3. The lowest BCUT2D eigenvalue weighted by Crippen LogP contribution is -2.54. The van der Waals surface area contributed by atoms with Crippen LogP contribution in [0.25, 0.3) is 0 Å². The van der Waals surface area contributed by atoms with E-state index in [1.54, 1.807) is 12.1 Å². The number of nitrogens with zero attached hydrogens (tertiary/aromatic N) is 2. The normalized spacial score (nSPS) is 23.5. The van der Waals surface area contributed by atoms with Crippen LogP contribution in [0.4, 0.5) is 13.2 Å². The number of carbonyl (C=O) groups is 2. The van der Waals surface area contributed by atoms with Gasteiger partial charge in [-0.2, -0.15) is 13.2 Å². The molecule has 0 bridgehead atoms. The lowest BCUT2D eigenvalue weighted by Gasteiger charge is -2.29. The van der Waals surface area contributed by atoms with Gasteiger partial charge in [0.05, 0.1) is 26.2 Å². The molecule has 3 aliphatic rings. The summed E-state index contributed by atoms with van der Waals surface area (Å²) in [6.45, 7) is 0.521. The summed E-state index contributed by atoms with van der Waals surface area (Å²) in [4.78, 5) is 32.2. The van der Waals surface area contributed by atoms with Crippen molar-refractivity contribution >= 4 is 44.9 Å². The highest BCUT2D eigenvalue weighted by atomic mass is 35.5. The van der Waals surface area contributed by atoms with Crippen LogP contribution >= 0.6 is 23.2 Å². The van der Waals surface area contributed by atoms with Gasteiger partial charge in [-0.1, -0.05) is 29.3 Å². The van der Waals surface area contributed by atoms with E-state index in [-0.39, 0.29) is 33.8 Å². The average Bonchev–Trinajstić information content (AvgIpc) is 3.79. The first kappa shape index (κ1) is 29.9. The Morgan fingerprint density at radius 1 is 1.17 bits per heavy atom. The molecule has 3 atom stereocenters. The summed E-state index contributed by atoms with van der Waals surface area (Å²) in [5.41, 5.74) is 4.83. The summed E-state index contributed by atoms with van der Waals surface area (Å²) in [6.07, 6.45) is -3.41. The molecule has 1 aromatic heterocycles. The predicted molar refractivity (Wildman–Crippen MR) is 143 cm³/mol. The molecule has 1 saturated heterocycles. The number of likely N-dealkylation sites (tertiary alicyclic amines) is 1. The van der Waals surface area contributed by atoms with Crippen molar-refractivity contribution in [1.82, 2.24) is 15.2 Å². The van der Waals surface area contributed by atoms with Crippen LogP contribution in [0.15, 0.2) is 41.4 Å². The van der Waals surface area contributed by atoms with E-state index in [9.17, 15) is 31.2 Å². The fourth-order valence-electron chi connectivity index (χ4n) is 5.00. The summed E-state index contributed by atoms with van der Waals surface area (Å²) >= 11 is 12.1. The summed E-state index contributed by atoms with van der Waals surface area (Å²) in [6, 6.07) is 5.27. The zero-order valence-corrected chi connectivity index (χ0v) is 24.1. The van der Waals surface area contributed by atoms with Crippen molar-refractivity contribution in [2.75, 3.05) is 6.54 Å². The third-order valence-corrected chi connectivity index (χ3v) is 10.7. The molecule has 2 saturated carbocycles. The number of sulfone groups is 1. The largest absolute Gasteiger partial charge is 0.481 e. The lowest BCUT2D eigenvalue weighted by atomic mass is 9.95. The maximum Gasteiger partial charge on any atom is 0.425 e. The highest BCUT2D eigenvalue weighted by Crippen LogP contribution is 2.51. The molecule has 3 fully saturated rings. The van der Waals surface area contributed by atoms with E-state index in [1.807, 2.05) is 0 Å². The first-order valence-corrected chi connectivity index (χ1v) is 15.2. The predicted octanol–water partition coefficient (Wildman–Crippen LogP) is 3.76. The Bertz CT molecular complexity index is 1480. The third-order valence-electron chi connectivity index (χ3n) is 7.85. The zero-order chi connectivity index (χ0) is 30.0. The Hall–Kier alpha value is -2.61. The quantitative estimate of drug-likeness (QED) is 0.334. The number of hydrogen-bond acceptors (Lipinski definition) is 7. The van der Waals surface area contributed by atoms with Gasteiger partial charge in [0, 0.05) is 18.8 Å². The van der Waals surface area contributed by atoms with Crippen LogP contribution in [-0.2, 0) is 24.8 Å². The fraction of sp³-hybridized carbons (Fsp3) is 0.500. The fourth-order valence-corrected chi connectivity index (χ4v) is 7.35. The zero-order valence-electron chi connectivity index (χ0n) is 21.7. The molecule has 222 valence electrons. The highest BCUT2D eigenvalue weighted by molar-refractivity contribution is 7.92. The van der Waals surface area contributed by atoms with Crippen LogP contribution in [0.3, 0.4) is 0 Å². The molecule has 2 aromatic rings. The van der Waals surface area contributed by atoms with Crippen molar-refractivity contribution in [3.8, 4) is 5.75 Å². The van der Waals surface area contributed by atoms with E-state index in [0.29, 0.717) is 31.2 Å².